The van der Waals surface area contributed by atoms with Crippen LogP contribution in [0.25, 0.3) is 0 Å². The molecule has 0 spiro atoms. The van der Waals surface area contributed by atoms with Gasteiger partial charge in [-0.25, -0.2) is 0 Å². The largest absolute Gasteiger partial charge is 0.479 e. The maximum Gasteiger partial charge on any atom is 0.479 e. The molecule has 27 heavy (non-hydrogen) atoms. The van der Waals surface area contributed by atoms with Crippen LogP contribution >= 0.6 is 0 Å². The van der Waals surface area contributed by atoms with Gasteiger partial charge < -0.3 is 30.9 Å². The fourth-order valence-corrected chi connectivity index (χ4v) is 3.70. The molecule has 0 aliphatic carbocycles. The molecule has 0 aromatic heterocycles. The smallest absolute Gasteiger partial charge is 0.426 e. The highest BCUT2D eigenvalue weighted by atomic mass is 16.5. The molecule has 9 heteroatoms. The van der Waals surface area contributed by atoms with Crippen molar-refractivity contribution in [2.24, 2.45) is 23.3 Å². The minimum atomic E-state index is -1.15. The number of nitrogens with zero attached hydrogens (tertiary/aromatic N) is 2. The molecular formula is C18H35BN4O4. The highest BCUT2D eigenvalue weighted by Crippen LogP contribution is 2.25. The first-order valence-electron chi connectivity index (χ1n) is 10.1. The SMILES string of the molecule is CC(C)C(N)C(=O)N1CCC[C@H]1OB(O)[C@@H]1CCCN1C(=O)C(N)C(C)C. The molecule has 5 N–H and O–H groups in total. The number of hydrogen-bond donors (Lipinski definition) is 3. The second-order valence-electron chi connectivity index (χ2n) is 8.44. The molecule has 2 fully saturated rings. The summed E-state index contributed by atoms with van der Waals surface area (Å²) in [5.41, 5.74) is 12.0. The van der Waals surface area contributed by atoms with Crippen LogP contribution in [-0.4, -0.2) is 71.1 Å². The van der Waals surface area contributed by atoms with Crippen molar-refractivity contribution in [3.63, 3.8) is 0 Å². The topological polar surface area (TPSA) is 122 Å². The quantitative estimate of drug-likeness (QED) is 0.530. The van der Waals surface area contributed by atoms with Crippen LogP contribution in [0.1, 0.15) is 53.4 Å². The van der Waals surface area contributed by atoms with E-state index >= 15 is 0 Å². The van der Waals surface area contributed by atoms with Crippen molar-refractivity contribution < 1.29 is 19.3 Å². The van der Waals surface area contributed by atoms with E-state index in [1.165, 1.54) is 0 Å². The van der Waals surface area contributed by atoms with Gasteiger partial charge in [0.15, 0.2) is 0 Å². The number of likely N-dealkylation sites (tertiary alicyclic amines) is 2. The molecule has 2 unspecified atom stereocenters. The van der Waals surface area contributed by atoms with E-state index in [4.69, 9.17) is 16.1 Å². The number of carbonyl (C=O) groups excluding carboxylic acids is 2. The van der Waals surface area contributed by atoms with Crippen molar-refractivity contribution in [3.05, 3.63) is 0 Å². The van der Waals surface area contributed by atoms with Gasteiger partial charge in [0.2, 0.25) is 11.8 Å². The van der Waals surface area contributed by atoms with Gasteiger partial charge in [0.25, 0.3) is 0 Å². The molecule has 4 atom stereocenters. The molecule has 2 saturated heterocycles. The van der Waals surface area contributed by atoms with Crippen LogP contribution in [0, 0.1) is 11.8 Å². The predicted molar refractivity (Wildman–Crippen MR) is 104 cm³/mol. The second kappa shape index (κ2) is 9.36. The number of hydrogen-bond acceptors (Lipinski definition) is 6. The van der Waals surface area contributed by atoms with E-state index in [9.17, 15) is 14.6 Å². The van der Waals surface area contributed by atoms with E-state index in [1.54, 1.807) is 9.80 Å². The third-order valence-electron chi connectivity index (χ3n) is 5.70. The molecule has 0 bridgehead atoms. The van der Waals surface area contributed by atoms with Crippen LogP contribution in [-0.2, 0) is 14.2 Å². The average molecular weight is 382 g/mol. The first-order valence-corrected chi connectivity index (χ1v) is 10.1. The highest BCUT2D eigenvalue weighted by Gasteiger charge is 2.43. The zero-order valence-corrected chi connectivity index (χ0v) is 17.0. The number of nitrogens with two attached hydrogens (primary N) is 2. The molecule has 154 valence electrons. The second-order valence-corrected chi connectivity index (χ2v) is 8.44. The van der Waals surface area contributed by atoms with Crippen molar-refractivity contribution in [1.29, 1.82) is 0 Å². The lowest BCUT2D eigenvalue weighted by molar-refractivity contribution is -0.140. The van der Waals surface area contributed by atoms with E-state index in [0.29, 0.717) is 25.9 Å². The Kier molecular flexibility index (Phi) is 7.68. The maximum absolute atomic E-state index is 12.6. The Hall–Kier alpha value is -1.16. The van der Waals surface area contributed by atoms with Crippen molar-refractivity contribution >= 4 is 18.9 Å². The summed E-state index contributed by atoms with van der Waals surface area (Å²) in [4.78, 5) is 28.5. The van der Waals surface area contributed by atoms with Gasteiger partial charge in [-0.2, -0.15) is 0 Å². The van der Waals surface area contributed by atoms with Gasteiger partial charge in [-0.15, -0.1) is 0 Å². The van der Waals surface area contributed by atoms with Gasteiger partial charge in [-0.1, -0.05) is 27.7 Å². The van der Waals surface area contributed by atoms with Crippen molar-refractivity contribution in [2.45, 2.75) is 77.6 Å². The predicted octanol–water partition coefficient (Wildman–Crippen LogP) is -0.0712. The fourth-order valence-electron chi connectivity index (χ4n) is 3.70. The van der Waals surface area contributed by atoms with E-state index in [-0.39, 0.29) is 23.7 Å². The Balaban J connectivity index is 2.01. The molecule has 2 heterocycles. The number of amides is 2. The molecule has 8 nitrogen and oxygen atoms in total. The van der Waals surface area contributed by atoms with Crippen LogP contribution in [0.2, 0.25) is 0 Å². The average Bonchev–Trinajstić information content (AvgIpc) is 3.28. The molecule has 2 aliphatic heterocycles. The summed E-state index contributed by atoms with van der Waals surface area (Å²) in [6, 6.07) is -1.17. The van der Waals surface area contributed by atoms with E-state index in [2.05, 4.69) is 0 Å². The lowest BCUT2D eigenvalue weighted by Crippen LogP contribution is -2.56. The van der Waals surface area contributed by atoms with Crippen LogP contribution in [0.4, 0.5) is 0 Å². The van der Waals surface area contributed by atoms with Gasteiger partial charge in [0.1, 0.15) is 6.23 Å². The van der Waals surface area contributed by atoms with Gasteiger partial charge >= 0.3 is 7.12 Å². The first-order chi connectivity index (χ1) is 12.6. The Morgan fingerprint density at radius 3 is 2.00 bits per heavy atom. The summed E-state index contributed by atoms with van der Waals surface area (Å²) in [5, 5.41) is 10.7. The van der Waals surface area contributed by atoms with Gasteiger partial charge in [-0.3, -0.25) is 9.59 Å². The van der Waals surface area contributed by atoms with Crippen molar-refractivity contribution in [2.75, 3.05) is 13.1 Å². The summed E-state index contributed by atoms with van der Waals surface area (Å²) in [6.45, 7) is 8.76. The molecule has 2 rings (SSSR count). The molecule has 0 radical (unpaired) electrons. The number of carbonyl (C=O) groups is 2. The molecule has 0 saturated carbocycles. The highest BCUT2D eigenvalue weighted by molar-refractivity contribution is 6.45. The summed E-state index contributed by atoms with van der Waals surface area (Å²) >= 11 is 0. The van der Waals surface area contributed by atoms with Crippen LogP contribution < -0.4 is 11.5 Å². The monoisotopic (exact) mass is 382 g/mol. The third kappa shape index (κ3) is 5.02. The van der Waals surface area contributed by atoms with Crippen LogP contribution in [0.15, 0.2) is 0 Å². The maximum atomic E-state index is 12.6. The summed E-state index contributed by atoms with van der Waals surface area (Å²) in [7, 11) is -1.15. The molecule has 2 amide bonds. The Labute approximate surface area is 162 Å². The van der Waals surface area contributed by atoms with Gasteiger partial charge in [-0.05, 0) is 37.5 Å². The zero-order valence-electron chi connectivity index (χ0n) is 17.0. The van der Waals surface area contributed by atoms with Gasteiger partial charge in [0.05, 0.1) is 18.0 Å². The van der Waals surface area contributed by atoms with Crippen molar-refractivity contribution in [1.82, 2.24) is 9.80 Å². The first kappa shape index (κ1) is 22.1. The third-order valence-corrected chi connectivity index (χ3v) is 5.70. The van der Waals surface area contributed by atoms with E-state index in [1.807, 2.05) is 27.7 Å². The molecule has 0 aromatic carbocycles. The van der Waals surface area contributed by atoms with E-state index < -0.39 is 31.4 Å². The van der Waals surface area contributed by atoms with Crippen LogP contribution in [0.5, 0.6) is 0 Å². The Bertz CT molecular complexity index is 533. The lowest BCUT2D eigenvalue weighted by Gasteiger charge is -2.33. The molecule has 2 aliphatic rings. The zero-order chi connectivity index (χ0) is 20.3. The lowest BCUT2D eigenvalue weighted by atomic mass is 9.76. The van der Waals surface area contributed by atoms with Crippen molar-refractivity contribution in [3.8, 4) is 0 Å². The molecule has 0 aromatic rings. The molecular weight excluding hydrogens is 347 g/mol. The minimum absolute atomic E-state index is 0.0253. The normalized spacial score (nSPS) is 25.4. The standard InChI is InChI=1S/C18H35BN4O4/c1-11(2)15(20)17(24)22-9-5-7-13(22)19(26)27-14-8-6-10-23(14)18(25)16(21)12(3)4/h11-16,26H,5-10,20-21H2,1-4H3/t13-,14+,15?,16?/m0/s1. The fraction of sp³-hybridized carbons (Fsp3) is 0.889. The number of rotatable bonds is 7. The summed E-state index contributed by atoms with van der Waals surface area (Å²) in [5.74, 6) is -0.683. The Morgan fingerprint density at radius 1 is 0.963 bits per heavy atom. The minimum Gasteiger partial charge on any atom is -0.426 e. The van der Waals surface area contributed by atoms with Crippen LogP contribution in [0.3, 0.4) is 0 Å². The summed E-state index contributed by atoms with van der Waals surface area (Å²) < 4.78 is 5.85. The summed E-state index contributed by atoms with van der Waals surface area (Å²) in [6.07, 6.45) is 2.41. The van der Waals surface area contributed by atoms with Gasteiger partial charge in [0, 0.05) is 13.1 Å². The van der Waals surface area contributed by atoms with E-state index in [0.717, 1.165) is 12.8 Å². The Morgan fingerprint density at radius 2 is 1.44 bits per heavy atom.